The minimum absolute atomic E-state index is 0.107. The molecule has 0 amide bonds. The number of hydrogen-bond acceptors (Lipinski definition) is 7. The number of rotatable bonds is 3. The molecule has 2 aliphatic heterocycles. The third-order valence-electron chi connectivity index (χ3n) is 4.01. The maximum Gasteiger partial charge on any atom is 0.258 e. The average Bonchev–Trinajstić information content (AvgIpc) is 3.09. The quantitative estimate of drug-likeness (QED) is 0.485. The van der Waals surface area contributed by atoms with E-state index in [-0.39, 0.29) is 5.90 Å². The zero-order valence-electron chi connectivity index (χ0n) is 12.0. The van der Waals surface area contributed by atoms with Gasteiger partial charge >= 0.3 is 0 Å². The Hall–Kier alpha value is -1.86. The molecule has 0 radical (unpaired) electrons. The summed E-state index contributed by atoms with van der Waals surface area (Å²) in [5.41, 5.74) is 2.49. The second-order valence-corrected chi connectivity index (χ2v) is 5.30. The summed E-state index contributed by atoms with van der Waals surface area (Å²) in [6.45, 7) is 5.07. The molecule has 3 heterocycles. The third-order valence-corrected chi connectivity index (χ3v) is 4.01. The lowest BCUT2D eigenvalue weighted by molar-refractivity contribution is 0.122. The number of anilines is 2. The molecule has 21 heavy (non-hydrogen) atoms. The van der Waals surface area contributed by atoms with E-state index in [1.807, 2.05) is 0 Å². The molecule has 2 saturated heterocycles. The molecule has 2 fully saturated rings. The van der Waals surface area contributed by atoms with Crippen molar-refractivity contribution in [3.05, 3.63) is 18.0 Å². The van der Waals surface area contributed by atoms with E-state index >= 15 is 0 Å². The summed E-state index contributed by atoms with van der Waals surface area (Å²) in [5, 5.41) is 7.84. The molecule has 3 N–H and O–H groups in total. The van der Waals surface area contributed by atoms with Gasteiger partial charge in [0.15, 0.2) is 0 Å². The predicted octanol–water partition coefficient (Wildman–Crippen LogP) is 0.734. The number of nitrogens with zero attached hydrogens (tertiary/aromatic N) is 3. The van der Waals surface area contributed by atoms with Crippen molar-refractivity contribution in [1.29, 1.82) is 5.41 Å². The minimum atomic E-state index is -0.107. The van der Waals surface area contributed by atoms with Crippen molar-refractivity contribution < 1.29 is 9.57 Å². The lowest BCUT2D eigenvalue weighted by Gasteiger charge is -2.31. The standard InChI is InChI=1S/C14H21N5O2/c15-14(21-16)13-12(19-5-7-20-8-6-19)9-11(10-17-13)18-3-1-2-4-18/h9-10,15H,1-8,16H2. The van der Waals surface area contributed by atoms with Crippen molar-refractivity contribution >= 4 is 17.3 Å². The van der Waals surface area contributed by atoms with Crippen molar-refractivity contribution in [1.82, 2.24) is 4.98 Å². The molecule has 0 saturated carbocycles. The van der Waals surface area contributed by atoms with Crippen molar-refractivity contribution in [3.63, 3.8) is 0 Å². The molecule has 7 nitrogen and oxygen atoms in total. The van der Waals surface area contributed by atoms with Gasteiger partial charge in [0.1, 0.15) is 5.69 Å². The van der Waals surface area contributed by atoms with Gasteiger partial charge < -0.3 is 19.4 Å². The monoisotopic (exact) mass is 291 g/mol. The van der Waals surface area contributed by atoms with Crippen LogP contribution >= 0.6 is 0 Å². The van der Waals surface area contributed by atoms with Gasteiger partial charge in [-0.25, -0.2) is 4.98 Å². The number of hydrogen-bond donors (Lipinski definition) is 2. The van der Waals surface area contributed by atoms with Crippen molar-refractivity contribution in [3.8, 4) is 0 Å². The van der Waals surface area contributed by atoms with E-state index < -0.39 is 0 Å². The van der Waals surface area contributed by atoms with Gasteiger partial charge in [-0.15, -0.1) is 0 Å². The van der Waals surface area contributed by atoms with Crippen molar-refractivity contribution in [2.45, 2.75) is 12.8 Å². The second-order valence-electron chi connectivity index (χ2n) is 5.30. The van der Waals surface area contributed by atoms with E-state index in [0.717, 1.165) is 37.6 Å². The minimum Gasteiger partial charge on any atom is -0.389 e. The fourth-order valence-corrected chi connectivity index (χ4v) is 2.87. The van der Waals surface area contributed by atoms with E-state index in [1.54, 1.807) is 6.20 Å². The molecule has 0 aromatic carbocycles. The number of nitrogens with two attached hydrogens (primary N) is 1. The molecule has 1 aromatic heterocycles. The molecular formula is C14H21N5O2. The van der Waals surface area contributed by atoms with Crippen molar-refractivity contribution in [2.24, 2.45) is 5.90 Å². The normalized spacial score (nSPS) is 18.9. The molecule has 1 aromatic rings. The third kappa shape index (κ3) is 2.93. The highest BCUT2D eigenvalue weighted by atomic mass is 16.6. The van der Waals surface area contributed by atoms with Gasteiger partial charge in [0.2, 0.25) is 0 Å². The second kappa shape index (κ2) is 6.28. The van der Waals surface area contributed by atoms with Crippen LogP contribution in [0.1, 0.15) is 18.5 Å². The summed E-state index contributed by atoms with van der Waals surface area (Å²) in [4.78, 5) is 13.5. The zero-order valence-corrected chi connectivity index (χ0v) is 12.0. The van der Waals surface area contributed by atoms with Crippen LogP contribution in [0.4, 0.5) is 11.4 Å². The molecule has 114 valence electrons. The molecule has 0 atom stereocenters. The maximum atomic E-state index is 7.84. The Bertz CT molecular complexity index is 510. The first-order valence-corrected chi connectivity index (χ1v) is 7.33. The van der Waals surface area contributed by atoms with E-state index in [9.17, 15) is 0 Å². The fourth-order valence-electron chi connectivity index (χ4n) is 2.87. The lowest BCUT2D eigenvalue weighted by Crippen LogP contribution is -2.37. The van der Waals surface area contributed by atoms with E-state index in [4.69, 9.17) is 16.0 Å². The molecule has 7 heteroatoms. The van der Waals surface area contributed by atoms with Crippen LogP contribution in [0.3, 0.4) is 0 Å². The largest absolute Gasteiger partial charge is 0.389 e. The number of nitrogens with one attached hydrogen (secondary N) is 1. The van der Waals surface area contributed by atoms with Gasteiger partial charge in [0.05, 0.1) is 30.8 Å². The first-order chi connectivity index (χ1) is 10.3. The molecule has 3 rings (SSSR count). The van der Waals surface area contributed by atoms with Crippen LogP contribution in [0.25, 0.3) is 0 Å². The van der Waals surface area contributed by atoms with Gasteiger partial charge in [-0.3, -0.25) is 5.41 Å². The summed E-state index contributed by atoms with van der Waals surface area (Å²) in [6, 6.07) is 2.09. The van der Waals surface area contributed by atoms with E-state index in [1.165, 1.54) is 12.8 Å². The number of pyridine rings is 1. The smallest absolute Gasteiger partial charge is 0.258 e. The summed E-state index contributed by atoms with van der Waals surface area (Å²) < 4.78 is 5.40. The molecule has 0 spiro atoms. The van der Waals surface area contributed by atoms with Gasteiger partial charge in [0, 0.05) is 26.2 Å². The summed E-state index contributed by atoms with van der Waals surface area (Å²) in [6.07, 6.45) is 4.24. The topological polar surface area (TPSA) is 87.7 Å². The Morgan fingerprint density at radius 2 is 1.90 bits per heavy atom. The maximum absolute atomic E-state index is 7.84. The van der Waals surface area contributed by atoms with Crippen LogP contribution in [0.2, 0.25) is 0 Å². The first kappa shape index (κ1) is 14.1. The fraction of sp³-hybridized carbons (Fsp3) is 0.571. The highest BCUT2D eigenvalue weighted by Gasteiger charge is 2.22. The SMILES string of the molecule is N=C(ON)c1ncc(N2CCCC2)cc1N1CCOCC1. The van der Waals surface area contributed by atoms with Gasteiger partial charge in [-0.1, -0.05) is 0 Å². The first-order valence-electron chi connectivity index (χ1n) is 7.33. The summed E-state index contributed by atoms with van der Waals surface area (Å²) in [5.74, 6) is 5.04. The molecule has 0 bridgehead atoms. The summed E-state index contributed by atoms with van der Waals surface area (Å²) >= 11 is 0. The zero-order chi connectivity index (χ0) is 14.7. The van der Waals surface area contributed by atoms with Gasteiger partial charge in [-0.05, 0) is 18.9 Å². The van der Waals surface area contributed by atoms with Crippen LogP contribution in [0.15, 0.2) is 12.3 Å². The Labute approximate surface area is 124 Å². The Kier molecular flexibility index (Phi) is 4.21. The van der Waals surface area contributed by atoms with E-state index in [2.05, 4.69) is 25.7 Å². The average molecular weight is 291 g/mol. The van der Waals surface area contributed by atoms with Crippen LogP contribution in [0, 0.1) is 5.41 Å². The van der Waals surface area contributed by atoms with Gasteiger partial charge in [-0.2, -0.15) is 5.90 Å². The number of morpholine rings is 1. The van der Waals surface area contributed by atoms with Gasteiger partial charge in [0.25, 0.3) is 5.90 Å². The highest BCUT2D eigenvalue weighted by molar-refractivity contribution is 5.96. The Morgan fingerprint density at radius 1 is 1.19 bits per heavy atom. The predicted molar refractivity (Wildman–Crippen MR) is 80.8 cm³/mol. The Balaban J connectivity index is 1.94. The molecule has 2 aliphatic rings. The number of aromatic nitrogens is 1. The van der Waals surface area contributed by atoms with Crippen LogP contribution in [0.5, 0.6) is 0 Å². The van der Waals surface area contributed by atoms with Crippen molar-refractivity contribution in [2.75, 3.05) is 49.2 Å². The van der Waals surface area contributed by atoms with Crippen LogP contribution in [-0.2, 0) is 9.57 Å². The lowest BCUT2D eigenvalue weighted by atomic mass is 10.2. The Morgan fingerprint density at radius 3 is 2.57 bits per heavy atom. The van der Waals surface area contributed by atoms with Crippen LogP contribution in [-0.4, -0.2) is 50.3 Å². The van der Waals surface area contributed by atoms with E-state index in [0.29, 0.717) is 18.9 Å². The number of ether oxygens (including phenoxy) is 1. The van der Waals surface area contributed by atoms with Crippen LogP contribution < -0.4 is 15.7 Å². The molecule has 0 unspecified atom stereocenters. The molecular weight excluding hydrogens is 270 g/mol. The summed E-state index contributed by atoms with van der Waals surface area (Å²) in [7, 11) is 0. The molecule has 0 aliphatic carbocycles. The highest BCUT2D eigenvalue weighted by Crippen LogP contribution is 2.28.